The van der Waals surface area contributed by atoms with Gasteiger partial charge in [0.25, 0.3) is 0 Å². The van der Waals surface area contributed by atoms with Crippen molar-refractivity contribution in [3.05, 3.63) is 17.8 Å². The van der Waals surface area contributed by atoms with Crippen LogP contribution in [-0.2, 0) is 4.74 Å². The van der Waals surface area contributed by atoms with Gasteiger partial charge in [0.05, 0.1) is 23.6 Å². The lowest BCUT2D eigenvalue weighted by atomic mass is 9.01. The number of nitrogens with two attached hydrogens (primary N) is 1. The fourth-order valence-electron chi connectivity index (χ4n) is 11.1. The minimum Gasteiger partial charge on any atom is -0.383 e. The van der Waals surface area contributed by atoms with Crippen LogP contribution < -0.4 is 16.0 Å². The first kappa shape index (κ1) is 15.5. The molecule has 1 aliphatic heterocycles. The lowest BCUT2D eigenvalue weighted by molar-refractivity contribution is -0.562. The highest BCUT2D eigenvalue weighted by atomic mass is 16.5. The number of morpholine rings is 1. The Kier molecular flexibility index (Phi) is 2.27. The minimum absolute atomic E-state index is 0.264. The van der Waals surface area contributed by atoms with Gasteiger partial charge in [-0.05, 0) is 91.2 Å². The van der Waals surface area contributed by atoms with Crippen LogP contribution in [0.25, 0.3) is 0 Å². The molecule has 0 radical (unpaired) electrons. The topological polar surface area (TPSA) is 63.4 Å². The Hall–Kier alpha value is -1.33. The average molecular weight is 379 g/mol. The van der Waals surface area contributed by atoms with Crippen molar-refractivity contribution in [1.29, 1.82) is 0 Å². The summed E-state index contributed by atoms with van der Waals surface area (Å²) in [6.07, 6.45) is 0.527. The largest absolute Gasteiger partial charge is 0.383 e. The summed E-state index contributed by atoms with van der Waals surface area (Å²) in [6, 6.07) is 4.45. The average Bonchev–Trinajstić information content (AvgIpc) is 3.30. The monoisotopic (exact) mass is 378 g/mol. The van der Waals surface area contributed by atoms with Gasteiger partial charge in [-0.3, -0.25) is 0 Å². The molecule has 28 heavy (non-hydrogen) atoms. The summed E-state index contributed by atoms with van der Waals surface area (Å²) in [6.45, 7) is 10.5. The van der Waals surface area contributed by atoms with Gasteiger partial charge in [0.1, 0.15) is 5.82 Å². The predicted octanol–water partition coefficient (Wildman–Crippen LogP) is 2.11. The van der Waals surface area contributed by atoms with E-state index >= 15 is 0 Å². The molecular formula is C23H30N4O. The Morgan fingerprint density at radius 1 is 1.14 bits per heavy atom. The molecule has 12 fully saturated rings. The van der Waals surface area contributed by atoms with Crippen LogP contribution in [0.3, 0.4) is 0 Å². The van der Waals surface area contributed by atoms with Crippen LogP contribution in [-0.4, -0.2) is 43.4 Å². The number of rotatable bonds is 5. The maximum Gasteiger partial charge on any atom is 0.129 e. The van der Waals surface area contributed by atoms with Crippen LogP contribution in [0.5, 0.6) is 0 Å². The Morgan fingerprint density at radius 2 is 1.86 bits per heavy atom. The maximum absolute atomic E-state index is 6.22. The van der Waals surface area contributed by atoms with Crippen LogP contribution in [0.4, 0.5) is 11.5 Å². The van der Waals surface area contributed by atoms with E-state index in [1.54, 1.807) is 0 Å². The summed E-state index contributed by atoms with van der Waals surface area (Å²) in [4.78, 5) is 7.32. The Labute approximate surface area is 166 Å². The zero-order chi connectivity index (χ0) is 18.8. The molecule has 0 aromatic carbocycles. The molecule has 3 N–H and O–H groups in total. The fourth-order valence-corrected chi connectivity index (χ4v) is 11.1. The quantitative estimate of drug-likeness (QED) is 0.822. The van der Waals surface area contributed by atoms with E-state index in [1.165, 1.54) is 12.2 Å². The molecule has 1 saturated heterocycles. The summed E-state index contributed by atoms with van der Waals surface area (Å²) in [5.41, 5.74) is 10.7. The van der Waals surface area contributed by atoms with Gasteiger partial charge in [-0.1, -0.05) is 0 Å². The van der Waals surface area contributed by atoms with Crippen molar-refractivity contribution < 1.29 is 4.74 Å². The summed E-state index contributed by atoms with van der Waals surface area (Å²) >= 11 is 0. The van der Waals surface area contributed by atoms with Gasteiger partial charge in [0.15, 0.2) is 0 Å². The van der Waals surface area contributed by atoms with Crippen LogP contribution in [0.15, 0.2) is 12.1 Å². The number of aryl methyl sites for hydroxylation is 1. The zero-order valence-corrected chi connectivity index (χ0v) is 17.0. The van der Waals surface area contributed by atoms with Gasteiger partial charge in [0.2, 0.25) is 0 Å². The molecule has 11 saturated carbocycles. The van der Waals surface area contributed by atoms with Crippen molar-refractivity contribution in [1.82, 2.24) is 4.98 Å². The lowest BCUT2D eigenvalue weighted by Crippen LogP contribution is -3.02. The first-order chi connectivity index (χ1) is 13.5. The third kappa shape index (κ3) is 1.07. The summed E-state index contributed by atoms with van der Waals surface area (Å²) in [5, 5.41) is 3.84. The fraction of sp³-hybridized carbons (Fsp3) is 0.783. The highest BCUT2D eigenvalue weighted by Crippen LogP contribution is 3.22. The molecule has 9 bridgehead atoms. The third-order valence-corrected chi connectivity index (χ3v) is 11.0. The highest BCUT2D eigenvalue weighted by Gasteiger charge is 3.21. The summed E-state index contributed by atoms with van der Waals surface area (Å²) < 4.78 is 5.87. The first-order valence-electron chi connectivity index (χ1n) is 11.4. The number of pyridine rings is 1. The standard InChI is InChI=1S/C23H30N4O/c1-10-6-27(7-11(2)28-10)14-5-4-13(12(3)26-14)25-9-21-15-16-18-20(21)23(16)19(21)17(15)22(18,23)8-24/h4-5,10-11,15-20,25H,6-9,24H2,1-3H3/t10-,11+,15?,16?,17?,18?,19?,20?,21?,22?,23?. The number of nitrogens with zero attached hydrogens (tertiary/aromatic N) is 2. The molecule has 11 atom stereocenters. The number of anilines is 2. The molecule has 11 aliphatic carbocycles. The zero-order valence-electron chi connectivity index (χ0n) is 17.0. The summed E-state index contributed by atoms with van der Waals surface area (Å²) in [7, 11) is 0. The maximum atomic E-state index is 6.22. The second-order valence-corrected chi connectivity index (χ2v) is 11.2. The number of ether oxygens (including phenoxy) is 1. The Bertz CT molecular complexity index is 921. The SMILES string of the molecule is Cc1nc(N2C[C@@H](C)O[C@@H](C)C2)ccc1NCC12C3C4C1C15C3C(C21)C45CN. The van der Waals surface area contributed by atoms with Crippen LogP contribution in [0, 0.1) is 58.7 Å². The molecule has 1 aromatic heterocycles. The third-order valence-electron chi connectivity index (χ3n) is 11.0. The number of aromatic nitrogens is 1. The molecule has 13 rings (SSSR count). The van der Waals surface area contributed by atoms with Gasteiger partial charge >= 0.3 is 0 Å². The second-order valence-electron chi connectivity index (χ2n) is 11.2. The number of hydrogen-bond acceptors (Lipinski definition) is 5. The van der Waals surface area contributed by atoms with Gasteiger partial charge in [-0.15, -0.1) is 0 Å². The van der Waals surface area contributed by atoms with Crippen molar-refractivity contribution >= 4 is 11.5 Å². The molecular weight excluding hydrogens is 348 g/mol. The van der Waals surface area contributed by atoms with E-state index in [1.807, 2.05) is 0 Å². The van der Waals surface area contributed by atoms with Crippen molar-refractivity contribution in [2.75, 3.05) is 36.4 Å². The van der Waals surface area contributed by atoms with Gasteiger partial charge in [-0.2, -0.15) is 0 Å². The predicted molar refractivity (Wildman–Crippen MR) is 107 cm³/mol. The van der Waals surface area contributed by atoms with E-state index in [9.17, 15) is 0 Å². The van der Waals surface area contributed by atoms with Crippen molar-refractivity contribution in [2.45, 2.75) is 33.0 Å². The molecule has 5 nitrogen and oxygen atoms in total. The van der Waals surface area contributed by atoms with E-state index < -0.39 is 0 Å². The first-order valence-corrected chi connectivity index (χ1v) is 11.4. The molecule has 148 valence electrons. The van der Waals surface area contributed by atoms with Gasteiger partial charge in [0, 0.05) is 19.6 Å². The smallest absolute Gasteiger partial charge is 0.129 e. The Morgan fingerprint density at radius 3 is 2.43 bits per heavy atom. The van der Waals surface area contributed by atoms with E-state index in [4.69, 9.17) is 15.5 Å². The summed E-state index contributed by atoms with van der Waals surface area (Å²) in [5.74, 6) is 7.30. The highest BCUT2D eigenvalue weighted by molar-refractivity contribution is 5.68. The van der Waals surface area contributed by atoms with E-state index in [-0.39, 0.29) is 12.2 Å². The van der Waals surface area contributed by atoms with E-state index in [2.05, 4.69) is 43.1 Å². The number of hydrogen-bond donors (Lipinski definition) is 2. The van der Waals surface area contributed by atoms with Crippen molar-refractivity contribution in [2.24, 2.45) is 57.5 Å². The molecule has 2 heterocycles. The molecule has 0 amide bonds. The Balaban J connectivity index is 1.00. The molecule has 1 aromatic rings. The molecule has 5 heteroatoms. The lowest BCUT2D eigenvalue weighted by Gasteiger charge is -3.02. The normalized spacial score (nSPS) is 59.6. The van der Waals surface area contributed by atoms with Crippen LogP contribution in [0.1, 0.15) is 19.5 Å². The second kappa shape index (κ2) is 4.11. The molecule has 12 aliphatic rings. The van der Waals surface area contributed by atoms with Crippen LogP contribution in [0.2, 0.25) is 0 Å². The molecule has 9 unspecified atom stereocenters. The van der Waals surface area contributed by atoms with E-state index in [0.29, 0.717) is 10.8 Å². The van der Waals surface area contributed by atoms with E-state index in [0.717, 1.165) is 72.1 Å². The minimum atomic E-state index is 0.264. The number of nitrogens with one attached hydrogen (secondary N) is 1. The van der Waals surface area contributed by atoms with Crippen molar-refractivity contribution in [3.8, 4) is 0 Å². The molecule has 1 spiro atoms. The van der Waals surface area contributed by atoms with Crippen LogP contribution >= 0.6 is 0 Å². The van der Waals surface area contributed by atoms with Gasteiger partial charge in [-0.25, -0.2) is 4.98 Å². The van der Waals surface area contributed by atoms with Gasteiger partial charge < -0.3 is 20.7 Å². The van der Waals surface area contributed by atoms with Crippen molar-refractivity contribution in [3.63, 3.8) is 0 Å².